The summed E-state index contributed by atoms with van der Waals surface area (Å²) in [6.45, 7) is 0.528. The maximum atomic E-state index is 9.08. The van der Waals surface area contributed by atoms with E-state index in [1.165, 1.54) is 11.1 Å². The molecule has 1 aliphatic carbocycles. The van der Waals surface area contributed by atoms with E-state index in [2.05, 4.69) is 30.2 Å². The second-order valence-electron chi connectivity index (χ2n) is 3.90. The average Bonchev–Trinajstić information content (AvgIpc) is 2.68. The first-order valence-electron chi connectivity index (χ1n) is 5.12. The largest absolute Gasteiger partial charge is 0.358 e. The molecule has 2 heteroatoms. The molecule has 0 amide bonds. The zero-order valence-corrected chi connectivity index (χ0v) is 8.52. The Bertz CT molecular complexity index is 353. The smallest absolute Gasteiger partial charge is 0.219 e. The molecule has 1 aromatic rings. The fourth-order valence-electron chi connectivity index (χ4n) is 2.04. The first-order valence-corrected chi connectivity index (χ1v) is 5.12. The summed E-state index contributed by atoms with van der Waals surface area (Å²) in [6, 6.07) is 8.40. The predicted octanol–water partition coefficient (Wildman–Crippen LogP) is 1.37. The number of ether oxygens (including phenoxy) is 1. The molecular weight excluding hydrogens is 188 g/mol. The Hall–Kier alpha value is -1.30. The van der Waals surface area contributed by atoms with E-state index in [9.17, 15) is 0 Å². The van der Waals surface area contributed by atoms with Gasteiger partial charge in [0.05, 0.1) is 6.61 Å². The van der Waals surface area contributed by atoms with Crippen molar-refractivity contribution in [2.24, 2.45) is 5.92 Å². The number of aliphatic hydroxyl groups excluding tert-OH is 1. The lowest BCUT2D eigenvalue weighted by Gasteiger charge is -2.10. The molecule has 0 saturated heterocycles. The van der Waals surface area contributed by atoms with Crippen molar-refractivity contribution in [3.05, 3.63) is 35.4 Å². The van der Waals surface area contributed by atoms with Gasteiger partial charge in [0.1, 0.15) is 0 Å². The maximum absolute atomic E-state index is 9.08. The quantitative estimate of drug-likeness (QED) is 0.592. The van der Waals surface area contributed by atoms with Crippen molar-refractivity contribution in [1.82, 2.24) is 0 Å². The van der Waals surface area contributed by atoms with Crippen LogP contribution in [0.1, 0.15) is 11.1 Å². The Balaban J connectivity index is 1.89. The number of benzene rings is 1. The molecule has 78 valence electrons. The van der Waals surface area contributed by atoms with Crippen LogP contribution in [0.4, 0.5) is 0 Å². The van der Waals surface area contributed by atoms with Crippen molar-refractivity contribution in [3.63, 3.8) is 0 Å². The summed E-state index contributed by atoms with van der Waals surface area (Å²) in [7, 11) is 0. The molecule has 1 atom stereocenters. The van der Waals surface area contributed by atoms with Gasteiger partial charge in [0.2, 0.25) is 6.29 Å². The lowest BCUT2D eigenvalue weighted by molar-refractivity contribution is -0.0686. The van der Waals surface area contributed by atoms with Crippen molar-refractivity contribution in [2.45, 2.75) is 19.1 Å². The van der Waals surface area contributed by atoms with Crippen LogP contribution >= 0.6 is 0 Å². The van der Waals surface area contributed by atoms with Gasteiger partial charge in [0, 0.05) is 0 Å². The van der Waals surface area contributed by atoms with Crippen LogP contribution < -0.4 is 0 Å². The van der Waals surface area contributed by atoms with E-state index >= 15 is 0 Å². The van der Waals surface area contributed by atoms with Crippen molar-refractivity contribution in [3.8, 4) is 12.3 Å². The van der Waals surface area contributed by atoms with E-state index in [1.54, 1.807) is 0 Å². The molecular formula is C13H14O2. The second kappa shape index (κ2) is 4.48. The zero-order valence-electron chi connectivity index (χ0n) is 8.52. The molecule has 0 fully saturated rings. The number of rotatable bonds is 3. The van der Waals surface area contributed by atoms with Crippen molar-refractivity contribution >= 4 is 0 Å². The van der Waals surface area contributed by atoms with Crippen LogP contribution in [0.25, 0.3) is 0 Å². The molecule has 2 nitrogen and oxygen atoms in total. The van der Waals surface area contributed by atoms with Gasteiger partial charge in [0.25, 0.3) is 0 Å². The molecule has 2 rings (SSSR count). The molecule has 0 saturated carbocycles. The van der Waals surface area contributed by atoms with E-state index < -0.39 is 6.29 Å². The number of fused-ring (bicyclic) bond motifs is 1. The monoisotopic (exact) mass is 202 g/mol. The summed E-state index contributed by atoms with van der Waals surface area (Å²) in [6.07, 6.45) is 6.00. The van der Waals surface area contributed by atoms with Gasteiger partial charge in [-0.2, -0.15) is 0 Å². The normalized spacial score (nSPS) is 17.1. The predicted molar refractivity (Wildman–Crippen MR) is 58.1 cm³/mol. The summed E-state index contributed by atoms with van der Waals surface area (Å²) in [4.78, 5) is 0. The third-order valence-corrected chi connectivity index (χ3v) is 2.77. The van der Waals surface area contributed by atoms with Crippen LogP contribution in [0.15, 0.2) is 24.3 Å². The van der Waals surface area contributed by atoms with Gasteiger partial charge in [-0.3, -0.25) is 0 Å². The highest BCUT2D eigenvalue weighted by atomic mass is 16.6. The van der Waals surface area contributed by atoms with Gasteiger partial charge in [-0.15, -0.1) is 6.42 Å². The Kier molecular flexibility index (Phi) is 3.05. The molecule has 1 aromatic carbocycles. The lowest BCUT2D eigenvalue weighted by Crippen LogP contribution is -2.16. The Morgan fingerprint density at radius 3 is 2.53 bits per heavy atom. The molecule has 1 aliphatic rings. The molecule has 1 N–H and O–H groups in total. The van der Waals surface area contributed by atoms with Crippen molar-refractivity contribution in [2.75, 3.05) is 6.61 Å². The highest BCUT2D eigenvalue weighted by molar-refractivity contribution is 5.32. The molecule has 0 aliphatic heterocycles. The maximum Gasteiger partial charge on any atom is 0.219 e. The third kappa shape index (κ3) is 2.38. The van der Waals surface area contributed by atoms with Gasteiger partial charge in [-0.1, -0.05) is 24.3 Å². The minimum Gasteiger partial charge on any atom is -0.358 e. The summed E-state index contributed by atoms with van der Waals surface area (Å²) in [5, 5.41) is 9.08. The topological polar surface area (TPSA) is 29.5 Å². The van der Waals surface area contributed by atoms with E-state index in [-0.39, 0.29) is 0 Å². The number of hydrogen-bond acceptors (Lipinski definition) is 2. The molecule has 0 radical (unpaired) electrons. The number of hydrogen-bond donors (Lipinski definition) is 1. The van der Waals surface area contributed by atoms with Crippen molar-refractivity contribution in [1.29, 1.82) is 0 Å². The van der Waals surface area contributed by atoms with Crippen LogP contribution in [-0.2, 0) is 17.6 Å². The second-order valence-corrected chi connectivity index (χ2v) is 3.90. The first kappa shape index (κ1) is 10.2. The molecule has 0 heterocycles. The van der Waals surface area contributed by atoms with Crippen LogP contribution in [0.3, 0.4) is 0 Å². The molecule has 15 heavy (non-hydrogen) atoms. The molecule has 0 spiro atoms. The summed E-state index contributed by atoms with van der Waals surface area (Å²) < 4.78 is 5.13. The third-order valence-electron chi connectivity index (χ3n) is 2.77. The molecule has 0 unspecified atom stereocenters. The lowest BCUT2D eigenvalue weighted by atomic mass is 10.1. The van der Waals surface area contributed by atoms with Crippen LogP contribution in [-0.4, -0.2) is 18.0 Å². The fourth-order valence-corrected chi connectivity index (χ4v) is 2.04. The molecule has 0 bridgehead atoms. The highest BCUT2D eigenvalue weighted by Crippen LogP contribution is 2.26. The fraction of sp³-hybridized carbons (Fsp3) is 0.385. The van der Waals surface area contributed by atoms with E-state index in [4.69, 9.17) is 16.3 Å². The van der Waals surface area contributed by atoms with Crippen LogP contribution in [0, 0.1) is 18.3 Å². The summed E-state index contributed by atoms with van der Waals surface area (Å²) >= 11 is 0. The SMILES string of the molecule is C#C[C@H](O)OCC1Cc2ccccc2C1. The average molecular weight is 202 g/mol. The van der Waals surface area contributed by atoms with Gasteiger partial charge >= 0.3 is 0 Å². The van der Waals surface area contributed by atoms with E-state index in [1.807, 2.05) is 0 Å². The Morgan fingerprint density at radius 2 is 2.00 bits per heavy atom. The van der Waals surface area contributed by atoms with Crippen molar-refractivity contribution < 1.29 is 9.84 Å². The minimum absolute atomic E-state index is 0.449. The minimum atomic E-state index is -1.06. The molecule has 0 aromatic heterocycles. The van der Waals surface area contributed by atoms with Gasteiger partial charge in [-0.25, -0.2) is 0 Å². The first-order chi connectivity index (χ1) is 7.29. The van der Waals surface area contributed by atoms with E-state index in [0.717, 1.165) is 12.8 Å². The highest BCUT2D eigenvalue weighted by Gasteiger charge is 2.21. The Labute approximate surface area is 89.9 Å². The van der Waals surface area contributed by atoms with Gasteiger partial charge in [0.15, 0.2) is 0 Å². The van der Waals surface area contributed by atoms with E-state index in [0.29, 0.717) is 12.5 Å². The number of terminal acetylenes is 1. The van der Waals surface area contributed by atoms with Gasteiger partial charge < -0.3 is 9.84 Å². The summed E-state index contributed by atoms with van der Waals surface area (Å²) in [5.41, 5.74) is 2.78. The zero-order chi connectivity index (χ0) is 10.7. The Morgan fingerprint density at radius 1 is 1.40 bits per heavy atom. The standard InChI is InChI=1S/C13H14O2/c1-2-13(14)15-9-10-7-11-5-3-4-6-12(11)8-10/h1,3-6,10,13-14H,7-9H2/t13-/m1/s1. The summed E-state index contributed by atoms with van der Waals surface area (Å²) in [5.74, 6) is 2.59. The van der Waals surface area contributed by atoms with Crippen LogP contribution in [0.2, 0.25) is 0 Å². The number of aliphatic hydroxyl groups is 1. The van der Waals surface area contributed by atoms with Gasteiger partial charge in [-0.05, 0) is 35.8 Å². The van der Waals surface area contributed by atoms with Crippen LogP contribution in [0.5, 0.6) is 0 Å².